The first-order valence-corrected chi connectivity index (χ1v) is 4.58. The normalized spacial score (nSPS) is 17.2. The van der Waals surface area contributed by atoms with E-state index in [0.717, 1.165) is 0 Å². The quantitative estimate of drug-likeness (QED) is 0.723. The fourth-order valence-corrected chi connectivity index (χ4v) is 0.975. The van der Waals surface area contributed by atoms with Crippen LogP contribution < -0.4 is 0 Å². The Morgan fingerprint density at radius 1 is 0.947 bits per heavy atom. The first-order chi connectivity index (χ1) is 8.15. The third-order valence-electron chi connectivity index (χ3n) is 1.74. The summed E-state index contributed by atoms with van der Waals surface area (Å²) in [5.41, 5.74) is 0. The summed E-state index contributed by atoms with van der Waals surface area (Å²) in [6, 6.07) is 0. The second-order valence-electron chi connectivity index (χ2n) is 3.40. The van der Waals surface area contributed by atoms with Crippen LogP contribution in [0.5, 0.6) is 0 Å². The molecule has 0 aromatic carbocycles. The standard InChI is InChI=1S/C8H7F9O2/c1-2-4(18)7(14,8(15,16)17)19-6(12,13)3-5(9,10)11/h2-3H2,1H3. The molecule has 0 aliphatic carbocycles. The van der Waals surface area contributed by atoms with Gasteiger partial charge in [-0.3, -0.25) is 9.53 Å². The Hall–Kier alpha value is -1.00. The van der Waals surface area contributed by atoms with Gasteiger partial charge in [0.25, 0.3) is 0 Å². The summed E-state index contributed by atoms with van der Waals surface area (Å²) in [6.07, 6.45) is -21.7. The second-order valence-corrected chi connectivity index (χ2v) is 3.40. The largest absolute Gasteiger partial charge is 0.456 e. The smallest absolute Gasteiger partial charge is 0.293 e. The van der Waals surface area contributed by atoms with Gasteiger partial charge in [-0.25, -0.2) is 0 Å². The number of carbonyl (C=O) groups excluding carboxylic acids is 1. The number of ketones is 1. The van der Waals surface area contributed by atoms with Gasteiger partial charge in [0.15, 0.2) is 0 Å². The lowest BCUT2D eigenvalue weighted by atomic mass is 10.1. The topological polar surface area (TPSA) is 26.3 Å². The summed E-state index contributed by atoms with van der Waals surface area (Å²) >= 11 is 0. The van der Waals surface area contributed by atoms with Crippen LogP contribution in [0, 0.1) is 0 Å². The lowest BCUT2D eigenvalue weighted by Gasteiger charge is -2.30. The summed E-state index contributed by atoms with van der Waals surface area (Å²) in [4.78, 5) is 10.7. The Bertz CT molecular complexity index is 332. The van der Waals surface area contributed by atoms with Crippen molar-refractivity contribution in [2.75, 3.05) is 0 Å². The van der Waals surface area contributed by atoms with Gasteiger partial charge in [-0.1, -0.05) is 6.92 Å². The van der Waals surface area contributed by atoms with Gasteiger partial charge in [0.1, 0.15) is 6.42 Å². The molecular weight excluding hydrogens is 299 g/mol. The molecule has 0 rings (SSSR count). The summed E-state index contributed by atoms with van der Waals surface area (Å²) in [6.45, 7) is 0.702. The van der Waals surface area contributed by atoms with E-state index >= 15 is 0 Å². The number of halogens is 9. The van der Waals surface area contributed by atoms with E-state index in [-0.39, 0.29) is 0 Å². The molecule has 11 heteroatoms. The number of Topliss-reactive ketones (excluding diaryl/α,β-unsaturated/α-hetero) is 1. The monoisotopic (exact) mass is 306 g/mol. The molecule has 1 atom stereocenters. The molecule has 0 aliphatic rings. The van der Waals surface area contributed by atoms with E-state index in [1.54, 1.807) is 0 Å². The number of carbonyl (C=O) groups is 1. The first-order valence-electron chi connectivity index (χ1n) is 4.58. The molecule has 0 amide bonds. The number of rotatable bonds is 5. The van der Waals surface area contributed by atoms with Crippen molar-refractivity contribution in [2.45, 2.75) is 44.1 Å². The molecule has 0 aromatic rings. The van der Waals surface area contributed by atoms with Crippen LogP contribution >= 0.6 is 0 Å². The Balaban J connectivity index is 5.31. The zero-order valence-electron chi connectivity index (χ0n) is 9.13. The van der Waals surface area contributed by atoms with Crippen molar-refractivity contribution in [3.8, 4) is 0 Å². The molecule has 0 spiro atoms. The van der Waals surface area contributed by atoms with Crippen molar-refractivity contribution >= 4 is 5.78 Å². The minimum absolute atomic E-state index is 0.702. The van der Waals surface area contributed by atoms with Crippen LogP contribution in [0.1, 0.15) is 19.8 Å². The number of hydrogen-bond acceptors (Lipinski definition) is 2. The third kappa shape index (κ3) is 4.88. The summed E-state index contributed by atoms with van der Waals surface area (Å²) in [7, 11) is 0. The SMILES string of the molecule is CCC(=O)C(F)(OC(F)(F)CC(F)(F)F)C(F)(F)F. The number of alkyl halides is 9. The molecule has 114 valence electrons. The molecule has 0 saturated carbocycles. The molecular formula is C8H7F9O2. The van der Waals surface area contributed by atoms with E-state index in [1.807, 2.05) is 0 Å². The highest BCUT2D eigenvalue weighted by Crippen LogP contribution is 2.43. The minimum atomic E-state index is -6.23. The zero-order chi connectivity index (χ0) is 15.7. The highest BCUT2D eigenvalue weighted by atomic mass is 19.4. The minimum Gasteiger partial charge on any atom is -0.293 e. The van der Waals surface area contributed by atoms with Crippen molar-refractivity contribution in [1.82, 2.24) is 0 Å². The highest BCUT2D eigenvalue weighted by Gasteiger charge is 2.67. The molecule has 1 unspecified atom stereocenters. The van der Waals surface area contributed by atoms with Crippen LogP contribution in [0.4, 0.5) is 39.5 Å². The van der Waals surface area contributed by atoms with Crippen molar-refractivity contribution in [3.63, 3.8) is 0 Å². The van der Waals surface area contributed by atoms with Gasteiger partial charge in [0, 0.05) is 6.42 Å². The lowest BCUT2D eigenvalue weighted by Crippen LogP contribution is -2.54. The predicted molar refractivity (Wildman–Crippen MR) is 41.9 cm³/mol. The molecule has 0 bridgehead atoms. The summed E-state index contributed by atoms with van der Waals surface area (Å²) in [5.74, 6) is -7.95. The lowest BCUT2D eigenvalue weighted by molar-refractivity contribution is -0.406. The molecule has 19 heavy (non-hydrogen) atoms. The van der Waals surface area contributed by atoms with Crippen molar-refractivity contribution in [3.05, 3.63) is 0 Å². The molecule has 0 heterocycles. The third-order valence-corrected chi connectivity index (χ3v) is 1.74. The van der Waals surface area contributed by atoms with Gasteiger partial charge >= 0.3 is 24.3 Å². The van der Waals surface area contributed by atoms with Crippen LogP contribution in [0.2, 0.25) is 0 Å². The first kappa shape index (κ1) is 18.0. The van der Waals surface area contributed by atoms with E-state index in [9.17, 15) is 44.3 Å². The van der Waals surface area contributed by atoms with Gasteiger partial charge in [0.2, 0.25) is 5.78 Å². The fourth-order valence-electron chi connectivity index (χ4n) is 0.975. The summed E-state index contributed by atoms with van der Waals surface area (Å²) < 4.78 is 112. The number of ether oxygens (including phenoxy) is 1. The van der Waals surface area contributed by atoms with Crippen molar-refractivity contribution in [1.29, 1.82) is 0 Å². The Morgan fingerprint density at radius 3 is 1.63 bits per heavy atom. The van der Waals surface area contributed by atoms with E-state index in [0.29, 0.717) is 6.92 Å². The molecule has 0 radical (unpaired) electrons. The predicted octanol–water partition coefficient (Wildman–Crippen LogP) is 3.76. The molecule has 0 saturated heterocycles. The van der Waals surface area contributed by atoms with Gasteiger partial charge in [-0.15, -0.1) is 0 Å². The highest BCUT2D eigenvalue weighted by molar-refractivity contribution is 5.86. The molecule has 2 nitrogen and oxygen atoms in total. The molecule has 0 fully saturated rings. The molecule has 0 N–H and O–H groups in total. The maximum atomic E-state index is 13.2. The van der Waals surface area contributed by atoms with Crippen molar-refractivity contribution < 1.29 is 49.0 Å². The van der Waals surface area contributed by atoms with Crippen LogP contribution in [-0.2, 0) is 9.53 Å². The second kappa shape index (κ2) is 5.17. The van der Waals surface area contributed by atoms with E-state index in [2.05, 4.69) is 4.74 Å². The molecule has 0 aromatic heterocycles. The van der Waals surface area contributed by atoms with Gasteiger partial charge in [0.05, 0.1) is 0 Å². The van der Waals surface area contributed by atoms with E-state index in [1.165, 1.54) is 0 Å². The number of hydrogen-bond donors (Lipinski definition) is 0. The Kier molecular flexibility index (Phi) is 4.90. The van der Waals surface area contributed by atoms with Gasteiger partial charge < -0.3 is 0 Å². The van der Waals surface area contributed by atoms with Crippen LogP contribution in [0.15, 0.2) is 0 Å². The van der Waals surface area contributed by atoms with Crippen LogP contribution in [0.3, 0.4) is 0 Å². The van der Waals surface area contributed by atoms with Crippen molar-refractivity contribution in [2.24, 2.45) is 0 Å². The van der Waals surface area contributed by atoms with Crippen LogP contribution in [-0.4, -0.2) is 30.1 Å². The molecule has 0 aliphatic heterocycles. The maximum absolute atomic E-state index is 13.2. The zero-order valence-corrected chi connectivity index (χ0v) is 9.13. The average molecular weight is 306 g/mol. The Labute approximate surface area is 100 Å². The Morgan fingerprint density at radius 2 is 1.37 bits per heavy atom. The average Bonchev–Trinajstić information content (AvgIpc) is 2.09. The van der Waals surface area contributed by atoms with Crippen LogP contribution in [0.25, 0.3) is 0 Å². The van der Waals surface area contributed by atoms with Gasteiger partial charge in [-0.2, -0.15) is 39.5 Å². The maximum Gasteiger partial charge on any atom is 0.456 e. The summed E-state index contributed by atoms with van der Waals surface area (Å²) in [5, 5.41) is 0. The van der Waals surface area contributed by atoms with E-state index < -0.39 is 42.9 Å². The van der Waals surface area contributed by atoms with Gasteiger partial charge in [-0.05, 0) is 0 Å². The van der Waals surface area contributed by atoms with E-state index in [4.69, 9.17) is 0 Å². The fraction of sp³-hybridized carbons (Fsp3) is 0.875.